The van der Waals surface area contributed by atoms with Gasteiger partial charge < -0.3 is 20.1 Å². The van der Waals surface area contributed by atoms with Crippen molar-refractivity contribution in [1.82, 2.24) is 10.3 Å². The summed E-state index contributed by atoms with van der Waals surface area (Å²) in [6, 6.07) is 6.90. The second-order valence-corrected chi connectivity index (χ2v) is 6.77. The molecule has 0 bridgehead atoms. The number of hydrogen-bond acceptors (Lipinski definition) is 4. The summed E-state index contributed by atoms with van der Waals surface area (Å²) in [6.45, 7) is 6.49. The van der Waals surface area contributed by atoms with Gasteiger partial charge in [0.1, 0.15) is 11.4 Å². The maximum absolute atomic E-state index is 12.9. The van der Waals surface area contributed by atoms with Gasteiger partial charge in [-0.3, -0.25) is 14.4 Å². The van der Waals surface area contributed by atoms with E-state index in [4.69, 9.17) is 4.74 Å². The van der Waals surface area contributed by atoms with Crippen LogP contribution in [0.5, 0.6) is 5.75 Å². The van der Waals surface area contributed by atoms with E-state index in [0.717, 1.165) is 0 Å². The average molecular weight is 372 g/mol. The lowest BCUT2D eigenvalue weighted by Gasteiger charge is -2.30. The van der Waals surface area contributed by atoms with Gasteiger partial charge in [0.2, 0.25) is 0 Å². The van der Waals surface area contributed by atoms with E-state index in [1.54, 1.807) is 45.0 Å². The van der Waals surface area contributed by atoms with Crippen LogP contribution < -0.4 is 10.1 Å². The van der Waals surface area contributed by atoms with Crippen molar-refractivity contribution in [3.63, 3.8) is 0 Å². The number of carboxylic acids is 1. The number of carboxylic acid groups (broad SMARTS) is 1. The molecule has 27 heavy (non-hydrogen) atoms. The number of carbonyl (C=O) groups excluding carboxylic acids is 2. The van der Waals surface area contributed by atoms with E-state index >= 15 is 0 Å². The molecular weight excluding hydrogens is 348 g/mol. The van der Waals surface area contributed by atoms with E-state index in [1.165, 1.54) is 14.0 Å². The molecule has 0 saturated carbocycles. The predicted molar refractivity (Wildman–Crippen MR) is 100 cm³/mol. The highest BCUT2D eigenvalue weighted by atomic mass is 16.5. The Morgan fingerprint density at radius 2 is 1.93 bits per heavy atom. The zero-order valence-corrected chi connectivity index (χ0v) is 16.1. The number of aliphatic carboxylic acids is 1. The highest BCUT2D eigenvalue weighted by molar-refractivity contribution is 6.02. The molecule has 1 amide bonds. The Bertz CT molecular complexity index is 900. The van der Waals surface area contributed by atoms with Gasteiger partial charge in [-0.2, -0.15) is 0 Å². The van der Waals surface area contributed by atoms with Crippen molar-refractivity contribution in [2.45, 2.75) is 39.7 Å². The highest BCUT2D eigenvalue weighted by Crippen LogP contribution is 2.29. The van der Waals surface area contributed by atoms with Crippen molar-refractivity contribution in [3.8, 4) is 5.75 Å². The van der Waals surface area contributed by atoms with Gasteiger partial charge in [0.05, 0.1) is 19.1 Å². The average Bonchev–Trinajstić information content (AvgIpc) is 2.88. The molecule has 2 aromatic rings. The lowest BCUT2D eigenvalue weighted by molar-refractivity contribution is -0.138. The van der Waals surface area contributed by atoms with E-state index in [-0.39, 0.29) is 17.9 Å². The lowest BCUT2D eigenvalue weighted by Crippen LogP contribution is -2.45. The number of Topliss-reactive ketones (excluding diaryl/α,β-unsaturated/α-hetero) is 1. The quantitative estimate of drug-likeness (QED) is 0.648. The monoisotopic (exact) mass is 372 g/mol. The maximum atomic E-state index is 12.9. The van der Waals surface area contributed by atoms with Crippen molar-refractivity contribution in [2.24, 2.45) is 0 Å². The molecule has 0 spiro atoms. The first kappa shape index (κ1) is 20.2. The van der Waals surface area contributed by atoms with Crippen LogP contribution in [0, 0.1) is 13.8 Å². The minimum atomic E-state index is -1.17. The number of aryl methyl sites for hydroxylation is 1. The van der Waals surface area contributed by atoms with Crippen molar-refractivity contribution >= 4 is 17.7 Å². The molecule has 0 saturated heterocycles. The molecule has 7 nitrogen and oxygen atoms in total. The van der Waals surface area contributed by atoms with Gasteiger partial charge in [-0.15, -0.1) is 0 Å². The molecule has 0 radical (unpaired) electrons. The van der Waals surface area contributed by atoms with E-state index in [1.807, 2.05) is 0 Å². The minimum absolute atomic E-state index is 0.138. The summed E-state index contributed by atoms with van der Waals surface area (Å²) in [5, 5.41) is 12.2. The number of methoxy groups -OCH3 is 1. The summed E-state index contributed by atoms with van der Waals surface area (Å²) in [5.41, 5.74) is 1.30. The van der Waals surface area contributed by atoms with Gasteiger partial charge >= 0.3 is 5.97 Å². The zero-order chi connectivity index (χ0) is 20.4. The van der Waals surface area contributed by atoms with Crippen molar-refractivity contribution < 1.29 is 24.2 Å². The first-order valence-corrected chi connectivity index (χ1v) is 8.48. The Morgan fingerprint density at radius 1 is 1.26 bits per heavy atom. The van der Waals surface area contributed by atoms with Gasteiger partial charge in [-0.25, -0.2) is 0 Å². The molecule has 1 aromatic carbocycles. The smallest absolute Gasteiger partial charge is 0.306 e. The summed E-state index contributed by atoms with van der Waals surface area (Å²) in [4.78, 5) is 39.1. The van der Waals surface area contributed by atoms with E-state index in [9.17, 15) is 19.5 Å². The van der Waals surface area contributed by atoms with Gasteiger partial charge in [-0.1, -0.05) is 12.1 Å². The highest BCUT2D eigenvalue weighted by Gasteiger charge is 2.33. The van der Waals surface area contributed by atoms with Crippen LogP contribution in [0.4, 0.5) is 0 Å². The molecule has 0 fully saturated rings. The molecule has 0 aliphatic heterocycles. The third-order valence-electron chi connectivity index (χ3n) is 4.62. The molecule has 0 aliphatic carbocycles. The van der Waals surface area contributed by atoms with Crippen LogP contribution in [0.3, 0.4) is 0 Å². The van der Waals surface area contributed by atoms with Crippen LogP contribution in [0.2, 0.25) is 0 Å². The third-order valence-corrected chi connectivity index (χ3v) is 4.62. The Hall–Kier alpha value is -3.09. The second kappa shape index (κ2) is 7.65. The number of benzene rings is 1. The number of H-pyrrole nitrogens is 1. The molecule has 2 rings (SSSR count). The third kappa shape index (κ3) is 4.19. The van der Waals surface area contributed by atoms with Crippen LogP contribution in [0.1, 0.15) is 57.9 Å². The molecular formula is C20H24N2O5. The van der Waals surface area contributed by atoms with Gasteiger partial charge in [0.25, 0.3) is 5.91 Å². The number of rotatable bonds is 7. The van der Waals surface area contributed by atoms with E-state index in [0.29, 0.717) is 28.1 Å². The summed E-state index contributed by atoms with van der Waals surface area (Å²) in [5.74, 6) is -1.11. The molecule has 1 unspecified atom stereocenters. The number of nitrogens with one attached hydrogen (secondary N) is 2. The van der Waals surface area contributed by atoms with Crippen LogP contribution in [0.15, 0.2) is 24.3 Å². The molecule has 144 valence electrons. The number of carbonyl (C=O) groups is 3. The molecule has 1 heterocycles. The first-order chi connectivity index (χ1) is 12.6. The Labute approximate surface area is 157 Å². The van der Waals surface area contributed by atoms with Gasteiger partial charge in [0.15, 0.2) is 5.78 Å². The number of aromatic amines is 1. The molecule has 1 atom stereocenters. The number of ketones is 1. The van der Waals surface area contributed by atoms with Crippen LogP contribution in [0.25, 0.3) is 0 Å². The molecule has 3 N–H and O–H groups in total. The van der Waals surface area contributed by atoms with Crippen LogP contribution >= 0.6 is 0 Å². The molecule has 0 aliphatic rings. The van der Waals surface area contributed by atoms with E-state index in [2.05, 4.69) is 10.3 Å². The van der Waals surface area contributed by atoms with Gasteiger partial charge in [-0.05, 0) is 51.0 Å². The topological polar surface area (TPSA) is 108 Å². The Kier molecular flexibility index (Phi) is 5.73. The van der Waals surface area contributed by atoms with E-state index < -0.39 is 17.4 Å². The summed E-state index contributed by atoms with van der Waals surface area (Å²) >= 11 is 0. The number of amides is 1. The zero-order valence-electron chi connectivity index (χ0n) is 16.1. The van der Waals surface area contributed by atoms with Crippen LogP contribution in [-0.2, 0) is 10.3 Å². The normalized spacial score (nSPS) is 12.9. The van der Waals surface area contributed by atoms with Crippen molar-refractivity contribution in [1.29, 1.82) is 0 Å². The fourth-order valence-electron chi connectivity index (χ4n) is 3.31. The minimum Gasteiger partial charge on any atom is -0.497 e. The summed E-state index contributed by atoms with van der Waals surface area (Å²) in [6.07, 6.45) is -0.315. The van der Waals surface area contributed by atoms with Gasteiger partial charge in [0, 0.05) is 11.3 Å². The largest absolute Gasteiger partial charge is 0.497 e. The SMILES string of the molecule is COc1cccc(C(C)(CC(=O)O)NC(=O)c2[nH]c(C)c(C(C)=O)c2C)c1. The molecule has 1 aromatic heterocycles. The fraction of sp³-hybridized carbons (Fsp3) is 0.350. The lowest BCUT2D eigenvalue weighted by atomic mass is 9.88. The summed E-state index contributed by atoms with van der Waals surface area (Å²) in [7, 11) is 1.51. The fourth-order valence-corrected chi connectivity index (χ4v) is 3.31. The second-order valence-electron chi connectivity index (χ2n) is 6.77. The Morgan fingerprint density at radius 3 is 2.44 bits per heavy atom. The van der Waals surface area contributed by atoms with Crippen molar-refractivity contribution in [2.75, 3.05) is 7.11 Å². The maximum Gasteiger partial charge on any atom is 0.306 e. The standard InChI is InChI=1S/C20H24N2O5/c1-11-17(13(3)23)12(2)21-18(11)19(26)22-20(4,10-16(24)25)14-7-6-8-15(9-14)27-5/h6-9,21H,10H2,1-5H3,(H,22,26)(H,24,25). The number of hydrogen-bond donors (Lipinski definition) is 3. The van der Waals surface area contributed by atoms with Crippen molar-refractivity contribution in [3.05, 3.63) is 52.3 Å². The summed E-state index contributed by atoms with van der Waals surface area (Å²) < 4.78 is 5.21. The predicted octanol–water partition coefficient (Wildman–Crippen LogP) is 2.96. The van der Waals surface area contributed by atoms with Crippen LogP contribution in [-0.4, -0.2) is 34.9 Å². The molecule has 7 heteroatoms. The number of ether oxygens (including phenoxy) is 1. The Balaban J connectivity index is 2.44. The first-order valence-electron chi connectivity index (χ1n) is 8.48. The number of aromatic nitrogens is 1.